The van der Waals surface area contributed by atoms with Crippen LogP contribution in [0.3, 0.4) is 0 Å². The highest BCUT2D eigenvalue weighted by Crippen LogP contribution is 2.23. The molecule has 154 valence electrons. The summed E-state index contributed by atoms with van der Waals surface area (Å²) in [5.41, 5.74) is 1.01. The quantitative estimate of drug-likeness (QED) is 0.642. The Kier molecular flexibility index (Phi) is 7.68. The summed E-state index contributed by atoms with van der Waals surface area (Å²) in [6, 6.07) is 6.80. The fraction of sp³-hybridized carbons (Fsp3) is 0.526. The molecule has 7 nitrogen and oxygen atoms in total. The van der Waals surface area contributed by atoms with Crippen molar-refractivity contribution in [2.75, 3.05) is 11.9 Å². The Hall–Kier alpha value is -1.84. The molecule has 2 aromatic rings. The summed E-state index contributed by atoms with van der Waals surface area (Å²) in [6.45, 7) is 8.31. The van der Waals surface area contributed by atoms with Gasteiger partial charge in [0.25, 0.3) is 0 Å². The zero-order valence-corrected chi connectivity index (χ0v) is 18.4. The number of aryl methyl sites for hydroxylation is 1. The van der Waals surface area contributed by atoms with E-state index in [9.17, 15) is 13.2 Å². The van der Waals surface area contributed by atoms with Crippen molar-refractivity contribution < 1.29 is 13.2 Å². The van der Waals surface area contributed by atoms with Gasteiger partial charge in [-0.15, -0.1) is 10.2 Å². The number of benzene rings is 1. The van der Waals surface area contributed by atoms with Crippen LogP contribution in [-0.4, -0.2) is 31.1 Å². The average molecular weight is 425 g/mol. The third-order valence-corrected chi connectivity index (χ3v) is 6.51. The van der Waals surface area contributed by atoms with Crippen LogP contribution in [0.25, 0.3) is 0 Å². The minimum absolute atomic E-state index is 0.0106. The highest BCUT2D eigenvalue weighted by atomic mass is 32.2. The summed E-state index contributed by atoms with van der Waals surface area (Å²) in [5.74, 6) is -0.302. The monoisotopic (exact) mass is 424 g/mol. The van der Waals surface area contributed by atoms with Crippen molar-refractivity contribution in [2.24, 2.45) is 0 Å². The van der Waals surface area contributed by atoms with E-state index in [0.29, 0.717) is 5.13 Å². The molecule has 0 saturated heterocycles. The maximum Gasteiger partial charge on any atom is 0.240 e. The molecule has 2 N–H and O–H groups in total. The zero-order chi connectivity index (χ0) is 20.8. The molecule has 0 unspecified atom stereocenters. The van der Waals surface area contributed by atoms with Crippen molar-refractivity contribution in [1.29, 1.82) is 0 Å². The first kappa shape index (κ1) is 22.4. The van der Waals surface area contributed by atoms with Crippen molar-refractivity contribution in [3.05, 3.63) is 34.8 Å². The summed E-state index contributed by atoms with van der Waals surface area (Å²) < 4.78 is 27.2. The summed E-state index contributed by atoms with van der Waals surface area (Å²) >= 11 is 1.35. The predicted molar refractivity (Wildman–Crippen MR) is 112 cm³/mol. The number of carbonyl (C=O) groups is 1. The Bertz CT molecular complexity index is 885. The van der Waals surface area contributed by atoms with E-state index in [0.717, 1.165) is 29.8 Å². The van der Waals surface area contributed by atoms with Crippen LogP contribution in [0.1, 0.15) is 57.5 Å². The summed E-state index contributed by atoms with van der Waals surface area (Å²) in [4.78, 5) is 12.2. The van der Waals surface area contributed by atoms with Crippen LogP contribution in [0.2, 0.25) is 0 Å². The molecule has 0 aliphatic heterocycles. The number of amides is 1. The topological polar surface area (TPSA) is 101 Å². The number of sulfonamides is 1. The zero-order valence-electron chi connectivity index (χ0n) is 16.8. The van der Waals surface area contributed by atoms with E-state index in [1.165, 1.54) is 11.3 Å². The van der Waals surface area contributed by atoms with Gasteiger partial charge in [0.15, 0.2) is 0 Å². The van der Waals surface area contributed by atoms with Gasteiger partial charge in [-0.25, -0.2) is 13.1 Å². The van der Waals surface area contributed by atoms with Gasteiger partial charge in [-0.3, -0.25) is 4.79 Å². The number of nitrogens with zero attached hydrogens (tertiary/aromatic N) is 2. The molecule has 0 radical (unpaired) electrons. The lowest BCUT2D eigenvalue weighted by Crippen LogP contribution is -2.28. The van der Waals surface area contributed by atoms with Gasteiger partial charge in [0.1, 0.15) is 5.01 Å². The van der Waals surface area contributed by atoms with Crippen LogP contribution in [0.5, 0.6) is 0 Å². The molecule has 0 saturated carbocycles. The molecule has 1 aromatic carbocycles. The van der Waals surface area contributed by atoms with Gasteiger partial charge in [-0.2, -0.15) is 0 Å². The molecule has 0 aliphatic carbocycles. The second kappa shape index (κ2) is 9.58. The first-order valence-electron chi connectivity index (χ1n) is 9.34. The highest BCUT2D eigenvalue weighted by molar-refractivity contribution is 7.89. The van der Waals surface area contributed by atoms with Gasteiger partial charge in [0.2, 0.25) is 21.1 Å². The number of hydrogen-bond acceptors (Lipinski definition) is 6. The summed E-state index contributed by atoms with van der Waals surface area (Å²) in [7, 11) is -3.65. The molecule has 0 aliphatic rings. The summed E-state index contributed by atoms with van der Waals surface area (Å²) in [5, 5.41) is 12.0. The van der Waals surface area contributed by atoms with Crippen molar-refractivity contribution in [3.63, 3.8) is 0 Å². The highest BCUT2D eigenvalue weighted by Gasteiger charge is 2.18. The van der Waals surface area contributed by atoms with E-state index < -0.39 is 10.0 Å². The number of aromatic nitrogens is 2. The lowest BCUT2D eigenvalue weighted by Gasteiger charge is -2.19. The minimum atomic E-state index is -3.65. The Morgan fingerprint density at radius 2 is 1.82 bits per heavy atom. The van der Waals surface area contributed by atoms with Crippen LogP contribution >= 0.6 is 11.3 Å². The lowest BCUT2D eigenvalue weighted by molar-refractivity contribution is -0.116. The Morgan fingerprint density at radius 1 is 1.14 bits per heavy atom. The normalized spacial score (nSPS) is 12.1. The summed E-state index contributed by atoms with van der Waals surface area (Å²) in [6.07, 6.45) is 2.96. The van der Waals surface area contributed by atoms with E-state index in [2.05, 4.69) is 47.9 Å². The molecular formula is C19H28N4O3S2. The Morgan fingerprint density at radius 3 is 2.43 bits per heavy atom. The number of nitrogens with one attached hydrogen (secondary N) is 2. The van der Waals surface area contributed by atoms with Crippen LogP contribution in [0, 0.1) is 0 Å². The number of carbonyl (C=O) groups excluding carboxylic acids is 1. The fourth-order valence-corrected chi connectivity index (χ4v) is 4.26. The van der Waals surface area contributed by atoms with Crippen molar-refractivity contribution >= 4 is 32.4 Å². The smallest absolute Gasteiger partial charge is 0.240 e. The number of hydrogen-bond donors (Lipinski definition) is 2. The molecule has 0 spiro atoms. The first-order chi connectivity index (χ1) is 13.1. The molecule has 1 amide bonds. The molecule has 0 fully saturated rings. The van der Waals surface area contributed by atoms with Crippen LogP contribution in [-0.2, 0) is 26.7 Å². The SMILES string of the molecule is CCCCc1nnc(NC(=O)CCNS(=O)(=O)c2ccc(C(C)(C)C)cc2)s1. The van der Waals surface area contributed by atoms with Crippen LogP contribution < -0.4 is 10.0 Å². The molecule has 1 aromatic heterocycles. The standard InChI is InChI=1S/C19H28N4O3S2/c1-5-6-7-17-22-23-18(27-17)21-16(24)12-13-20-28(25,26)15-10-8-14(9-11-15)19(2,3)4/h8-11,20H,5-7,12-13H2,1-4H3,(H,21,23,24). The molecule has 9 heteroatoms. The van der Waals surface area contributed by atoms with Crippen molar-refractivity contribution in [2.45, 2.75) is 63.7 Å². The average Bonchev–Trinajstić information content (AvgIpc) is 3.06. The van der Waals surface area contributed by atoms with E-state index in [4.69, 9.17) is 0 Å². The minimum Gasteiger partial charge on any atom is -0.300 e. The predicted octanol–water partition coefficient (Wildman–Crippen LogP) is 3.49. The van der Waals surface area contributed by atoms with E-state index in [-0.39, 0.29) is 29.2 Å². The van der Waals surface area contributed by atoms with Gasteiger partial charge >= 0.3 is 0 Å². The van der Waals surface area contributed by atoms with Gasteiger partial charge < -0.3 is 5.32 Å². The molecule has 0 bridgehead atoms. The molecule has 28 heavy (non-hydrogen) atoms. The first-order valence-corrected chi connectivity index (χ1v) is 11.6. The van der Waals surface area contributed by atoms with Gasteiger partial charge in [0.05, 0.1) is 4.90 Å². The third-order valence-electron chi connectivity index (χ3n) is 4.13. The number of anilines is 1. The second-order valence-corrected chi connectivity index (χ2v) is 10.4. The largest absolute Gasteiger partial charge is 0.300 e. The van der Waals surface area contributed by atoms with Gasteiger partial charge in [-0.1, -0.05) is 57.6 Å². The van der Waals surface area contributed by atoms with Gasteiger partial charge in [0, 0.05) is 19.4 Å². The van der Waals surface area contributed by atoms with E-state index in [1.54, 1.807) is 12.1 Å². The molecule has 2 rings (SSSR count). The Balaban J connectivity index is 1.84. The maximum absolute atomic E-state index is 12.4. The number of unbranched alkanes of at least 4 members (excludes halogenated alkanes) is 1. The van der Waals surface area contributed by atoms with Crippen LogP contribution in [0.15, 0.2) is 29.2 Å². The van der Waals surface area contributed by atoms with Crippen molar-refractivity contribution in [3.8, 4) is 0 Å². The maximum atomic E-state index is 12.4. The molecule has 0 atom stereocenters. The lowest BCUT2D eigenvalue weighted by atomic mass is 9.87. The third kappa shape index (κ3) is 6.65. The van der Waals surface area contributed by atoms with E-state index in [1.807, 2.05) is 12.1 Å². The second-order valence-electron chi connectivity index (χ2n) is 7.57. The number of rotatable bonds is 9. The molecule has 1 heterocycles. The van der Waals surface area contributed by atoms with Gasteiger partial charge in [-0.05, 0) is 29.5 Å². The Labute approximate surface area is 171 Å². The van der Waals surface area contributed by atoms with Crippen molar-refractivity contribution in [1.82, 2.24) is 14.9 Å². The van der Waals surface area contributed by atoms with Crippen LogP contribution in [0.4, 0.5) is 5.13 Å². The fourth-order valence-electron chi connectivity index (χ4n) is 2.43. The molecular weight excluding hydrogens is 396 g/mol. The van der Waals surface area contributed by atoms with E-state index >= 15 is 0 Å².